The van der Waals surface area contributed by atoms with Crippen molar-refractivity contribution in [1.29, 1.82) is 0 Å². The fourth-order valence-electron chi connectivity index (χ4n) is 2.51. The zero-order chi connectivity index (χ0) is 9.97. The lowest BCUT2D eigenvalue weighted by Crippen LogP contribution is -2.37. The molecule has 2 fully saturated rings. The van der Waals surface area contributed by atoms with E-state index in [-0.39, 0.29) is 0 Å². The average Bonchev–Trinajstić information content (AvgIpc) is 2.77. The van der Waals surface area contributed by atoms with Crippen molar-refractivity contribution in [2.24, 2.45) is 11.7 Å². The van der Waals surface area contributed by atoms with Crippen LogP contribution in [0.3, 0.4) is 0 Å². The highest BCUT2D eigenvalue weighted by Crippen LogP contribution is 2.20. The molecule has 3 atom stereocenters. The van der Waals surface area contributed by atoms with Crippen LogP contribution >= 0.6 is 0 Å². The van der Waals surface area contributed by atoms with Crippen molar-refractivity contribution in [3.8, 4) is 0 Å². The molecule has 0 saturated carbocycles. The monoisotopic (exact) mass is 198 g/mol. The van der Waals surface area contributed by atoms with Crippen molar-refractivity contribution < 1.29 is 4.74 Å². The van der Waals surface area contributed by atoms with Crippen LogP contribution in [0.5, 0.6) is 0 Å². The predicted molar refractivity (Wildman–Crippen MR) is 57.2 cm³/mol. The Morgan fingerprint density at radius 2 is 2.29 bits per heavy atom. The summed E-state index contributed by atoms with van der Waals surface area (Å²) in [5, 5.41) is 0. The van der Waals surface area contributed by atoms with E-state index >= 15 is 0 Å². The van der Waals surface area contributed by atoms with Gasteiger partial charge in [-0.15, -0.1) is 0 Å². The molecule has 3 heteroatoms. The Balaban J connectivity index is 1.70. The molecule has 2 aliphatic heterocycles. The minimum Gasteiger partial charge on any atom is -0.381 e. The zero-order valence-corrected chi connectivity index (χ0v) is 9.11. The minimum absolute atomic E-state index is 0.398. The number of hydrogen-bond acceptors (Lipinski definition) is 3. The van der Waals surface area contributed by atoms with Gasteiger partial charge in [0.15, 0.2) is 0 Å². The molecule has 14 heavy (non-hydrogen) atoms. The van der Waals surface area contributed by atoms with E-state index in [4.69, 9.17) is 10.5 Å². The Bertz CT molecular complexity index is 180. The van der Waals surface area contributed by atoms with Crippen molar-refractivity contribution in [3.05, 3.63) is 0 Å². The predicted octanol–water partition coefficient (Wildman–Crippen LogP) is 0.834. The molecule has 0 amide bonds. The highest BCUT2D eigenvalue weighted by atomic mass is 16.5. The summed E-state index contributed by atoms with van der Waals surface area (Å²) in [6, 6.07) is 0.979. The first-order chi connectivity index (χ1) is 6.77. The summed E-state index contributed by atoms with van der Waals surface area (Å²) in [6.45, 7) is 6.61. The maximum absolute atomic E-state index is 5.99. The second-order valence-corrected chi connectivity index (χ2v) is 4.75. The minimum atomic E-state index is 0.398. The van der Waals surface area contributed by atoms with Gasteiger partial charge in [-0.05, 0) is 38.6 Å². The number of nitrogens with two attached hydrogens (primary N) is 1. The fraction of sp³-hybridized carbons (Fsp3) is 1.00. The number of likely N-dealkylation sites (tertiary alicyclic amines) is 1. The maximum atomic E-state index is 5.99. The van der Waals surface area contributed by atoms with Crippen LogP contribution in [0.4, 0.5) is 0 Å². The highest BCUT2D eigenvalue weighted by Gasteiger charge is 2.28. The van der Waals surface area contributed by atoms with Gasteiger partial charge in [-0.2, -0.15) is 0 Å². The molecule has 82 valence electrons. The van der Waals surface area contributed by atoms with Crippen LogP contribution in [-0.2, 0) is 4.74 Å². The molecule has 0 spiro atoms. The van der Waals surface area contributed by atoms with Gasteiger partial charge in [-0.1, -0.05) is 0 Å². The lowest BCUT2D eigenvalue weighted by atomic mass is 10.0. The Hall–Kier alpha value is -0.120. The van der Waals surface area contributed by atoms with Crippen molar-refractivity contribution in [3.63, 3.8) is 0 Å². The van der Waals surface area contributed by atoms with E-state index in [2.05, 4.69) is 11.8 Å². The largest absolute Gasteiger partial charge is 0.381 e. The summed E-state index contributed by atoms with van der Waals surface area (Å²) in [7, 11) is 0. The van der Waals surface area contributed by atoms with E-state index in [1.54, 1.807) is 0 Å². The lowest BCUT2D eigenvalue weighted by molar-refractivity contribution is 0.176. The number of hydrogen-bond donors (Lipinski definition) is 1. The topological polar surface area (TPSA) is 38.5 Å². The quantitative estimate of drug-likeness (QED) is 0.730. The van der Waals surface area contributed by atoms with Gasteiger partial charge in [0.25, 0.3) is 0 Å². The standard InChI is InChI=1S/C11H22N2O/c1-9-11(12)3-6-13(9)5-2-10-4-7-14-8-10/h9-11H,2-8,12H2,1H3. The van der Waals surface area contributed by atoms with E-state index in [9.17, 15) is 0 Å². The van der Waals surface area contributed by atoms with Crippen LogP contribution in [0.2, 0.25) is 0 Å². The first kappa shape index (κ1) is 10.4. The number of ether oxygens (including phenoxy) is 1. The molecule has 0 aliphatic carbocycles. The van der Waals surface area contributed by atoms with Gasteiger partial charge in [0.05, 0.1) is 0 Å². The van der Waals surface area contributed by atoms with Crippen molar-refractivity contribution in [2.45, 2.75) is 38.3 Å². The molecule has 2 rings (SSSR count). The normalized spacial score (nSPS) is 39.4. The Kier molecular flexibility index (Phi) is 3.42. The van der Waals surface area contributed by atoms with Gasteiger partial charge >= 0.3 is 0 Å². The van der Waals surface area contributed by atoms with Gasteiger partial charge in [0.2, 0.25) is 0 Å². The van der Waals surface area contributed by atoms with Crippen molar-refractivity contribution in [1.82, 2.24) is 4.90 Å². The van der Waals surface area contributed by atoms with E-state index in [0.717, 1.165) is 19.1 Å². The van der Waals surface area contributed by atoms with Gasteiger partial charge in [-0.3, -0.25) is 4.90 Å². The summed E-state index contributed by atoms with van der Waals surface area (Å²) in [4.78, 5) is 2.53. The summed E-state index contributed by atoms with van der Waals surface area (Å²) in [5.74, 6) is 0.805. The molecule has 2 heterocycles. The molecule has 0 aromatic rings. The second-order valence-electron chi connectivity index (χ2n) is 4.75. The average molecular weight is 198 g/mol. The molecule has 2 N–H and O–H groups in total. The zero-order valence-electron chi connectivity index (χ0n) is 9.11. The van der Waals surface area contributed by atoms with Crippen LogP contribution in [0, 0.1) is 5.92 Å². The SMILES string of the molecule is CC1C(N)CCN1CCC1CCOC1. The van der Waals surface area contributed by atoms with Crippen LogP contribution in [0.25, 0.3) is 0 Å². The molecule has 3 nitrogen and oxygen atoms in total. The maximum Gasteiger partial charge on any atom is 0.0495 e. The van der Waals surface area contributed by atoms with Crippen molar-refractivity contribution >= 4 is 0 Å². The summed E-state index contributed by atoms with van der Waals surface area (Å²) >= 11 is 0. The second kappa shape index (κ2) is 4.60. The smallest absolute Gasteiger partial charge is 0.0495 e. The molecule has 2 saturated heterocycles. The Labute approximate surface area is 86.6 Å². The molecule has 0 aromatic carbocycles. The van der Waals surface area contributed by atoms with Gasteiger partial charge in [-0.25, -0.2) is 0 Å². The van der Waals surface area contributed by atoms with Crippen molar-refractivity contribution in [2.75, 3.05) is 26.3 Å². The van der Waals surface area contributed by atoms with Gasteiger partial charge in [0, 0.05) is 31.8 Å². The summed E-state index contributed by atoms with van der Waals surface area (Å²) in [6.07, 6.45) is 3.72. The highest BCUT2D eigenvalue weighted by molar-refractivity contribution is 4.86. The first-order valence-corrected chi connectivity index (χ1v) is 5.85. The molecule has 0 radical (unpaired) electrons. The Morgan fingerprint density at radius 1 is 1.43 bits per heavy atom. The lowest BCUT2D eigenvalue weighted by Gasteiger charge is -2.23. The molecular weight excluding hydrogens is 176 g/mol. The fourth-order valence-corrected chi connectivity index (χ4v) is 2.51. The van der Waals surface area contributed by atoms with Crippen LogP contribution in [0.15, 0.2) is 0 Å². The first-order valence-electron chi connectivity index (χ1n) is 5.85. The number of nitrogens with zero attached hydrogens (tertiary/aromatic N) is 1. The molecule has 3 unspecified atom stereocenters. The van der Waals surface area contributed by atoms with Crippen LogP contribution < -0.4 is 5.73 Å². The van der Waals surface area contributed by atoms with Crippen LogP contribution in [-0.4, -0.2) is 43.3 Å². The van der Waals surface area contributed by atoms with E-state index in [1.807, 2.05) is 0 Å². The summed E-state index contributed by atoms with van der Waals surface area (Å²) < 4.78 is 5.38. The molecule has 0 aromatic heterocycles. The summed E-state index contributed by atoms with van der Waals surface area (Å²) in [5.41, 5.74) is 5.99. The van der Waals surface area contributed by atoms with Gasteiger partial charge < -0.3 is 10.5 Å². The van der Waals surface area contributed by atoms with Crippen LogP contribution in [0.1, 0.15) is 26.2 Å². The third-order valence-electron chi connectivity index (χ3n) is 3.79. The van der Waals surface area contributed by atoms with E-state index in [1.165, 1.54) is 32.4 Å². The Morgan fingerprint density at radius 3 is 2.86 bits per heavy atom. The van der Waals surface area contributed by atoms with E-state index in [0.29, 0.717) is 12.1 Å². The number of rotatable bonds is 3. The third kappa shape index (κ3) is 2.27. The van der Waals surface area contributed by atoms with Gasteiger partial charge in [0.1, 0.15) is 0 Å². The molecular formula is C11H22N2O. The third-order valence-corrected chi connectivity index (χ3v) is 3.79. The molecule has 2 aliphatic rings. The molecule has 0 bridgehead atoms. The van der Waals surface area contributed by atoms with E-state index < -0.39 is 0 Å².